The average molecular weight is 526 g/mol. The number of esters is 1. The number of methoxy groups -OCH3 is 2. The predicted octanol–water partition coefficient (Wildman–Crippen LogP) is -1.71. The number of fused-ring (bicyclic) bond motifs is 3. The molecule has 0 bridgehead atoms. The molecule has 1 saturated carbocycles. The van der Waals surface area contributed by atoms with Gasteiger partial charge in [0.25, 0.3) is 0 Å². The Morgan fingerprint density at radius 3 is 2.46 bits per heavy atom. The highest BCUT2D eigenvalue weighted by Gasteiger charge is 2.77. The summed E-state index contributed by atoms with van der Waals surface area (Å²) >= 11 is 0. The van der Waals surface area contributed by atoms with Crippen molar-refractivity contribution in [2.75, 3.05) is 27.4 Å². The number of carbonyl (C=O) groups is 1. The maximum atomic E-state index is 13.0. The molecule has 0 amide bonds. The first-order valence-corrected chi connectivity index (χ1v) is 11.8. The Kier molecular flexibility index (Phi) is 7.06. The van der Waals surface area contributed by atoms with Crippen molar-refractivity contribution in [2.24, 2.45) is 11.8 Å². The minimum Gasteiger partial charge on any atom is -0.493 e. The molecule has 0 unspecified atom stereocenters. The van der Waals surface area contributed by atoms with E-state index in [2.05, 4.69) is 0 Å². The van der Waals surface area contributed by atoms with Gasteiger partial charge in [0, 0.05) is 5.92 Å². The normalized spacial score (nSPS) is 41.8. The third-order valence-electron chi connectivity index (χ3n) is 7.46. The van der Waals surface area contributed by atoms with Gasteiger partial charge < -0.3 is 58.7 Å². The van der Waals surface area contributed by atoms with E-state index < -0.39 is 85.8 Å². The standard InChI is InChI=1S/C24H30O13/c1-31-12-4-3-10(7-13(12)32-2)21(30)35-19-11-5-6-33-22(15(11)24(9-26)20(19)37-24)36-23-18(29)17(28)16(27)14(8-25)34-23/h3-7,11,14-20,22-23,25-29H,8-9H2,1-2H3/t11-,14-,15+,16-,17+,18-,19-,20+,22+,23+,24-/m1/s1. The molecule has 13 heteroatoms. The Hall–Kier alpha value is -2.49. The summed E-state index contributed by atoms with van der Waals surface area (Å²) in [4.78, 5) is 13.0. The van der Waals surface area contributed by atoms with Crippen LogP contribution in [0, 0.1) is 11.8 Å². The van der Waals surface area contributed by atoms with Gasteiger partial charge >= 0.3 is 5.97 Å². The summed E-state index contributed by atoms with van der Waals surface area (Å²) in [5.74, 6) is -1.00. The van der Waals surface area contributed by atoms with Gasteiger partial charge in [0.05, 0.1) is 45.2 Å². The lowest BCUT2D eigenvalue weighted by Crippen LogP contribution is -2.60. The summed E-state index contributed by atoms with van der Waals surface area (Å²) in [5.41, 5.74) is -0.918. The quantitative estimate of drug-likeness (QED) is 0.191. The van der Waals surface area contributed by atoms with Crippen LogP contribution in [-0.4, -0.2) is 114 Å². The number of benzene rings is 1. The Bertz CT molecular complexity index is 1030. The lowest BCUT2D eigenvalue weighted by Gasteiger charge is -2.43. The van der Waals surface area contributed by atoms with Crippen molar-refractivity contribution in [1.82, 2.24) is 0 Å². The molecule has 1 aromatic carbocycles. The SMILES string of the molecule is COc1ccc(C(=O)O[C@@H]2[C@@H]3C=CO[C@@H](O[C@@H]4O[C@H](CO)[C@@H](O)[C@H](O)[C@H]4O)[C@H]3[C@@]3(CO)O[C@@H]23)cc1OC. The Balaban J connectivity index is 1.34. The van der Waals surface area contributed by atoms with Gasteiger partial charge in [0.2, 0.25) is 6.29 Å². The lowest BCUT2D eigenvalue weighted by atomic mass is 9.85. The maximum Gasteiger partial charge on any atom is 0.338 e. The zero-order chi connectivity index (χ0) is 26.5. The zero-order valence-electron chi connectivity index (χ0n) is 20.1. The van der Waals surface area contributed by atoms with Crippen molar-refractivity contribution in [3.63, 3.8) is 0 Å². The highest BCUT2D eigenvalue weighted by Crippen LogP contribution is 2.60. The zero-order valence-corrected chi connectivity index (χ0v) is 20.1. The second-order valence-electron chi connectivity index (χ2n) is 9.36. The van der Waals surface area contributed by atoms with E-state index in [1.165, 1.54) is 32.6 Å². The minimum atomic E-state index is -1.65. The van der Waals surface area contributed by atoms with Gasteiger partial charge in [-0.15, -0.1) is 0 Å². The van der Waals surface area contributed by atoms with E-state index in [1.807, 2.05) is 0 Å². The van der Waals surface area contributed by atoms with Gasteiger partial charge in [-0.05, 0) is 24.3 Å². The molecule has 5 rings (SSSR count). The van der Waals surface area contributed by atoms with Crippen molar-refractivity contribution >= 4 is 5.97 Å². The highest BCUT2D eigenvalue weighted by molar-refractivity contribution is 5.90. The number of hydrogen-bond donors (Lipinski definition) is 5. The summed E-state index contributed by atoms with van der Waals surface area (Å²) in [5, 5.41) is 50.2. The second kappa shape index (κ2) is 10.0. The first kappa shape index (κ1) is 26.1. The van der Waals surface area contributed by atoms with Crippen LogP contribution in [0.2, 0.25) is 0 Å². The second-order valence-corrected chi connectivity index (χ2v) is 9.36. The van der Waals surface area contributed by atoms with Crippen LogP contribution in [0.5, 0.6) is 11.5 Å². The molecule has 0 aromatic heterocycles. The first-order chi connectivity index (χ1) is 17.8. The van der Waals surface area contributed by atoms with Crippen molar-refractivity contribution in [1.29, 1.82) is 0 Å². The number of aliphatic hydroxyl groups is 5. The Morgan fingerprint density at radius 2 is 1.78 bits per heavy atom. The molecule has 1 aliphatic carbocycles. The molecule has 3 heterocycles. The molecule has 5 N–H and O–H groups in total. The third-order valence-corrected chi connectivity index (χ3v) is 7.46. The van der Waals surface area contributed by atoms with Crippen molar-refractivity contribution in [2.45, 2.75) is 54.8 Å². The van der Waals surface area contributed by atoms with E-state index >= 15 is 0 Å². The molecule has 0 radical (unpaired) electrons. The molecule has 37 heavy (non-hydrogen) atoms. The average Bonchev–Trinajstić information content (AvgIpc) is 3.60. The number of aliphatic hydroxyl groups excluding tert-OH is 5. The molecule has 4 aliphatic rings. The molecule has 11 atom stereocenters. The van der Waals surface area contributed by atoms with Crippen LogP contribution in [0.15, 0.2) is 30.5 Å². The molecule has 3 aliphatic heterocycles. The molecule has 0 spiro atoms. The van der Waals surface area contributed by atoms with Gasteiger partial charge in [-0.2, -0.15) is 0 Å². The topological polar surface area (TPSA) is 186 Å². The number of epoxide rings is 1. The number of rotatable bonds is 8. The van der Waals surface area contributed by atoms with E-state index in [1.54, 1.807) is 12.1 Å². The van der Waals surface area contributed by atoms with E-state index in [-0.39, 0.29) is 5.56 Å². The number of ether oxygens (including phenoxy) is 7. The van der Waals surface area contributed by atoms with E-state index in [4.69, 9.17) is 33.2 Å². The van der Waals surface area contributed by atoms with E-state index in [0.717, 1.165) is 0 Å². The van der Waals surface area contributed by atoms with Crippen molar-refractivity contribution in [3.05, 3.63) is 36.1 Å². The van der Waals surface area contributed by atoms with Gasteiger partial charge in [0.15, 0.2) is 17.8 Å². The van der Waals surface area contributed by atoms with Crippen molar-refractivity contribution in [3.8, 4) is 11.5 Å². The van der Waals surface area contributed by atoms with Gasteiger partial charge in [0.1, 0.15) is 42.2 Å². The van der Waals surface area contributed by atoms with Crippen LogP contribution in [0.4, 0.5) is 0 Å². The maximum absolute atomic E-state index is 13.0. The molecule has 204 valence electrons. The molecule has 13 nitrogen and oxygen atoms in total. The molecular formula is C24H30O13. The van der Waals surface area contributed by atoms with E-state index in [0.29, 0.717) is 11.5 Å². The molecule has 2 saturated heterocycles. The summed E-state index contributed by atoms with van der Waals surface area (Å²) in [6, 6.07) is 4.61. The Morgan fingerprint density at radius 1 is 1.03 bits per heavy atom. The van der Waals surface area contributed by atoms with Crippen LogP contribution in [0.3, 0.4) is 0 Å². The first-order valence-electron chi connectivity index (χ1n) is 11.8. The van der Waals surface area contributed by atoms with Crippen LogP contribution < -0.4 is 9.47 Å². The van der Waals surface area contributed by atoms with Crippen LogP contribution >= 0.6 is 0 Å². The number of hydrogen-bond acceptors (Lipinski definition) is 13. The van der Waals surface area contributed by atoms with Crippen LogP contribution in [0.1, 0.15) is 10.4 Å². The fourth-order valence-corrected chi connectivity index (χ4v) is 5.44. The smallest absolute Gasteiger partial charge is 0.338 e. The fraction of sp³-hybridized carbons (Fsp3) is 0.625. The summed E-state index contributed by atoms with van der Waals surface area (Å²) < 4.78 is 39.0. The molecule has 3 fully saturated rings. The monoisotopic (exact) mass is 526 g/mol. The largest absolute Gasteiger partial charge is 0.493 e. The summed E-state index contributed by atoms with van der Waals surface area (Å²) in [6.07, 6.45) is -7.02. The van der Waals surface area contributed by atoms with Gasteiger partial charge in [-0.25, -0.2) is 4.79 Å². The summed E-state index contributed by atoms with van der Waals surface area (Å²) in [7, 11) is 2.93. The van der Waals surface area contributed by atoms with E-state index in [9.17, 15) is 30.3 Å². The molecule has 1 aromatic rings. The Labute approximate surface area is 211 Å². The third kappa shape index (κ3) is 4.25. The van der Waals surface area contributed by atoms with Crippen molar-refractivity contribution < 1.29 is 63.5 Å². The van der Waals surface area contributed by atoms with Crippen LogP contribution in [0.25, 0.3) is 0 Å². The highest BCUT2D eigenvalue weighted by atomic mass is 16.8. The fourth-order valence-electron chi connectivity index (χ4n) is 5.44. The van der Waals surface area contributed by atoms with Crippen LogP contribution in [-0.2, 0) is 23.7 Å². The number of carbonyl (C=O) groups excluding carboxylic acids is 1. The molecular weight excluding hydrogens is 496 g/mol. The summed E-state index contributed by atoms with van der Waals surface area (Å²) in [6.45, 7) is -1.04. The predicted molar refractivity (Wildman–Crippen MR) is 119 cm³/mol. The van der Waals surface area contributed by atoms with Gasteiger partial charge in [-0.1, -0.05) is 0 Å². The minimum absolute atomic E-state index is 0.224. The van der Waals surface area contributed by atoms with Gasteiger partial charge in [-0.3, -0.25) is 0 Å². The lowest BCUT2D eigenvalue weighted by molar-refractivity contribution is -0.344.